The fourth-order valence-corrected chi connectivity index (χ4v) is 6.99. The number of nitrogens with one attached hydrogen (secondary N) is 1. The van der Waals surface area contributed by atoms with Crippen molar-refractivity contribution in [2.45, 2.75) is 65.1 Å². The first-order chi connectivity index (χ1) is 16.1. The van der Waals surface area contributed by atoms with Gasteiger partial charge in [0.15, 0.2) is 5.16 Å². The summed E-state index contributed by atoms with van der Waals surface area (Å²) in [6, 6.07) is 17.4. The molecule has 1 aromatic heterocycles. The third kappa shape index (κ3) is 4.68. The van der Waals surface area contributed by atoms with Crippen LogP contribution < -0.4 is 0 Å². The van der Waals surface area contributed by atoms with Gasteiger partial charge >= 0.3 is 0 Å². The molecule has 1 saturated carbocycles. The molecule has 34 heavy (non-hydrogen) atoms. The van der Waals surface area contributed by atoms with Gasteiger partial charge in [-0.15, -0.1) is 0 Å². The maximum Gasteiger partial charge on any atom is 0.233 e. The number of carbonyl (C=O) groups excluding carboxylic acids is 1. The van der Waals surface area contributed by atoms with E-state index in [0.29, 0.717) is 17.2 Å². The van der Waals surface area contributed by atoms with Crippen molar-refractivity contribution in [3.63, 3.8) is 0 Å². The summed E-state index contributed by atoms with van der Waals surface area (Å²) >= 11 is 1.52. The minimum absolute atomic E-state index is 0.238. The van der Waals surface area contributed by atoms with Gasteiger partial charge in [-0.3, -0.25) is 4.79 Å². The molecule has 1 amide bonds. The SMILES string of the molecule is Cc1ccc(-c2nc(SCC(=O)N3C[C@@]4(C)C[C@H]3CC(C)(C)C4)[nH]c2-c2ccc(C)cc2)cc1. The highest BCUT2D eigenvalue weighted by Crippen LogP contribution is 2.52. The number of thioether (sulfide) groups is 1. The molecule has 0 unspecified atom stereocenters. The van der Waals surface area contributed by atoms with E-state index in [1.54, 1.807) is 0 Å². The second-order valence-corrected chi connectivity index (χ2v) is 12.5. The highest BCUT2D eigenvalue weighted by Gasteiger charge is 2.50. The molecule has 2 atom stereocenters. The number of nitrogens with zero attached hydrogens (tertiary/aromatic N) is 2. The van der Waals surface area contributed by atoms with Crippen LogP contribution in [0.3, 0.4) is 0 Å². The monoisotopic (exact) mass is 473 g/mol. The Kier molecular flexibility index (Phi) is 5.87. The highest BCUT2D eigenvalue weighted by atomic mass is 32.2. The molecule has 2 fully saturated rings. The number of H-pyrrole nitrogens is 1. The topological polar surface area (TPSA) is 49.0 Å². The standard InChI is InChI=1S/C29H35N3OS/c1-19-6-10-21(11-7-19)25-26(22-12-8-20(2)9-13-22)31-27(30-25)34-16-24(33)32-18-29(5)15-23(32)14-28(3,4)17-29/h6-13,23H,14-18H2,1-5H3,(H,30,31)/t23-,29+/m1/s1. The van der Waals surface area contributed by atoms with Crippen molar-refractivity contribution in [1.29, 1.82) is 0 Å². The van der Waals surface area contributed by atoms with Gasteiger partial charge < -0.3 is 9.88 Å². The molecule has 1 aliphatic carbocycles. The van der Waals surface area contributed by atoms with Crippen molar-refractivity contribution in [2.24, 2.45) is 10.8 Å². The van der Waals surface area contributed by atoms with Crippen molar-refractivity contribution in [3.8, 4) is 22.5 Å². The summed E-state index contributed by atoms with van der Waals surface area (Å²) < 4.78 is 0. The number of amides is 1. The van der Waals surface area contributed by atoms with E-state index in [0.717, 1.165) is 47.1 Å². The molecular formula is C29H35N3OS. The van der Waals surface area contributed by atoms with Crippen LogP contribution in [0.25, 0.3) is 22.5 Å². The number of likely N-dealkylation sites (tertiary alicyclic amines) is 1. The Morgan fingerprint density at radius 1 is 1.00 bits per heavy atom. The predicted molar refractivity (Wildman–Crippen MR) is 141 cm³/mol. The van der Waals surface area contributed by atoms with Gasteiger partial charge in [0, 0.05) is 23.7 Å². The predicted octanol–water partition coefficient (Wildman–Crippen LogP) is 6.88. The van der Waals surface area contributed by atoms with Gasteiger partial charge in [-0.2, -0.15) is 0 Å². The van der Waals surface area contributed by atoms with Crippen LogP contribution in [0, 0.1) is 24.7 Å². The van der Waals surface area contributed by atoms with E-state index in [-0.39, 0.29) is 11.3 Å². The van der Waals surface area contributed by atoms with Gasteiger partial charge in [0.05, 0.1) is 17.1 Å². The van der Waals surface area contributed by atoms with E-state index in [4.69, 9.17) is 4.98 Å². The van der Waals surface area contributed by atoms with E-state index in [1.807, 2.05) is 0 Å². The first-order valence-corrected chi connectivity index (χ1v) is 13.3. The summed E-state index contributed by atoms with van der Waals surface area (Å²) in [7, 11) is 0. The number of aromatic amines is 1. The molecular weight excluding hydrogens is 438 g/mol. The summed E-state index contributed by atoms with van der Waals surface area (Å²) in [4.78, 5) is 23.9. The minimum atomic E-state index is 0.238. The van der Waals surface area contributed by atoms with Crippen molar-refractivity contribution in [1.82, 2.24) is 14.9 Å². The van der Waals surface area contributed by atoms with E-state index < -0.39 is 0 Å². The number of hydrogen-bond donors (Lipinski definition) is 1. The van der Waals surface area contributed by atoms with Crippen LogP contribution in [0.2, 0.25) is 0 Å². The second-order valence-electron chi connectivity index (χ2n) is 11.5. The van der Waals surface area contributed by atoms with Gasteiger partial charge in [0.2, 0.25) is 5.91 Å². The van der Waals surface area contributed by atoms with Crippen LogP contribution in [-0.4, -0.2) is 39.1 Å². The molecule has 3 aromatic rings. The van der Waals surface area contributed by atoms with Crippen LogP contribution in [0.1, 0.15) is 51.2 Å². The fraction of sp³-hybridized carbons (Fsp3) is 0.448. The van der Waals surface area contributed by atoms with Crippen LogP contribution in [0.5, 0.6) is 0 Å². The quantitative estimate of drug-likeness (QED) is 0.411. The number of benzene rings is 2. The zero-order valence-electron chi connectivity index (χ0n) is 20.9. The summed E-state index contributed by atoms with van der Waals surface area (Å²) in [6.45, 7) is 12.1. The summed E-state index contributed by atoms with van der Waals surface area (Å²) in [5.41, 5.74) is 7.16. The van der Waals surface area contributed by atoms with E-state index in [2.05, 4.69) is 93.0 Å². The number of imidazole rings is 1. The Balaban J connectivity index is 1.37. The molecule has 1 saturated heterocycles. The van der Waals surface area contributed by atoms with E-state index >= 15 is 0 Å². The van der Waals surface area contributed by atoms with Crippen LogP contribution in [0.4, 0.5) is 0 Å². The van der Waals surface area contributed by atoms with E-state index in [1.165, 1.54) is 29.3 Å². The number of hydrogen-bond acceptors (Lipinski definition) is 3. The van der Waals surface area contributed by atoms with E-state index in [9.17, 15) is 4.79 Å². The Morgan fingerprint density at radius 3 is 2.26 bits per heavy atom. The number of aryl methyl sites for hydroxylation is 2. The Hall–Kier alpha value is -2.53. The fourth-order valence-electron chi connectivity index (χ4n) is 6.23. The largest absolute Gasteiger partial charge is 0.338 e. The van der Waals surface area contributed by atoms with Crippen molar-refractivity contribution in [3.05, 3.63) is 59.7 Å². The number of carbonyl (C=O) groups is 1. The molecule has 178 valence electrons. The highest BCUT2D eigenvalue weighted by molar-refractivity contribution is 7.99. The van der Waals surface area contributed by atoms with Gasteiger partial charge in [-0.1, -0.05) is 92.2 Å². The first kappa shape index (κ1) is 23.2. The summed E-state index contributed by atoms with van der Waals surface area (Å²) in [6.07, 6.45) is 3.45. The molecule has 1 N–H and O–H groups in total. The smallest absolute Gasteiger partial charge is 0.233 e. The van der Waals surface area contributed by atoms with Crippen LogP contribution in [0.15, 0.2) is 53.7 Å². The third-order valence-corrected chi connectivity index (χ3v) is 8.27. The average molecular weight is 474 g/mol. The maximum absolute atomic E-state index is 13.3. The molecule has 5 heteroatoms. The molecule has 2 bridgehead atoms. The summed E-state index contributed by atoms with van der Waals surface area (Å²) in [5.74, 6) is 0.655. The Morgan fingerprint density at radius 2 is 1.62 bits per heavy atom. The normalized spacial score (nSPS) is 23.3. The molecule has 2 aliphatic rings. The zero-order chi connectivity index (χ0) is 24.1. The van der Waals surface area contributed by atoms with Crippen molar-refractivity contribution < 1.29 is 4.79 Å². The molecule has 4 nitrogen and oxygen atoms in total. The lowest BCUT2D eigenvalue weighted by atomic mass is 9.65. The Labute approximate surface area is 207 Å². The second kappa shape index (κ2) is 8.60. The van der Waals surface area contributed by atoms with Gasteiger partial charge in [-0.05, 0) is 43.9 Å². The van der Waals surface area contributed by atoms with Gasteiger partial charge in [0.1, 0.15) is 0 Å². The lowest BCUT2D eigenvalue weighted by molar-refractivity contribution is -0.129. The number of rotatable bonds is 5. The average Bonchev–Trinajstić information content (AvgIpc) is 3.30. The van der Waals surface area contributed by atoms with Crippen LogP contribution in [-0.2, 0) is 4.79 Å². The molecule has 2 heterocycles. The zero-order valence-corrected chi connectivity index (χ0v) is 21.8. The van der Waals surface area contributed by atoms with Crippen molar-refractivity contribution >= 4 is 17.7 Å². The van der Waals surface area contributed by atoms with Gasteiger partial charge in [0.25, 0.3) is 0 Å². The van der Waals surface area contributed by atoms with Crippen molar-refractivity contribution in [2.75, 3.05) is 12.3 Å². The molecule has 0 spiro atoms. The van der Waals surface area contributed by atoms with Gasteiger partial charge in [-0.25, -0.2) is 4.98 Å². The van der Waals surface area contributed by atoms with Crippen LogP contribution >= 0.6 is 11.8 Å². The molecule has 5 rings (SSSR count). The maximum atomic E-state index is 13.3. The minimum Gasteiger partial charge on any atom is -0.338 e. The summed E-state index contributed by atoms with van der Waals surface area (Å²) in [5, 5.41) is 0.799. The first-order valence-electron chi connectivity index (χ1n) is 12.3. The number of aromatic nitrogens is 2. The Bertz CT molecular complexity index is 1130. The lowest BCUT2D eigenvalue weighted by Crippen LogP contribution is -2.38. The third-order valence-electron chi connectivity index (χ3n) is 7.41. The molecule has 2 aromatic carbocycles. The molecule has 1 aliphatic heterocycles. The molecule has 0 radical (unpaired) electrons. The number of fused-ring (bicyclic) bond motifs is 2. The lowest BCUT2D eigenvalue weighted by Gasteiger charge is -2.39.